The van der Waals surface area contributed by atoms with Crippen molar-refractivity contribution in [2.75, 3.05) is 5.32 Å². The molecule has 126 valence electrons. The molecule has 0 bridgehead atoms. The monoisotopic (exact) mass is 373 g/mol. The van der Waals surface area contributed by atoms with Crippen LogP contribution in [0.15, 0.2) is 48.9 Å². The highest BCUT2D eigenvalue weighted by Crippen LogP contribution is 2.33. The Kier molecular flexibility index (Phi) is 4.88. The third kappa shape index (κ3) is 3.57. The quantitative estimate of drug-likeness (QED) is 0.696. The normalized spacial score (nSPS) is 10.5. The van der Waals surface area contributed by atoms with Gasteiger partial charge in [-0.3, -0.25) is 14.8 Å². The maximum absolute atomic E-state index is 12.8. The third-order valence-electron chi connectivity index (χ3n) is 3.62. The van der Waals surface area contributed by atoms with Crippen molar-refractivity contribution in [1.29, 1.82) is 0 Å². The molecule has 1 amide bonds. The van der Waals surface area contributed by atoms with Crippen LogP contribution in [0.25, 0.3) is 11.3 Å². The van der Waals surface area contributed by atoms with Gasteiger partial charge in [0, 0.05) is 23.6 Å². The molecule has 1 heterocycles. The number of amides is 1. The van der Waals surface area contributed by atoms with Crippen molar-refractivity contribution in [2.45, 2.75) is 6.92 Å². The zero-order valence-corrected chi connectivity index (χ0v) is 14.6. The summed E-state index contributed by atoms with van der Waals surface area (Å²) in [6, 6.07) is 7.94. The van der Waals surface area contributed by atoms with Gasteiger partial charge in [-0.25, -0.2) is 0 Å². The molecule has 0 spiro atoms. The highest BCUT2D eigenvalue weighted by molar-refractivity contribution is 6.42. The third-order valence-corrected chi connectivity index (χ3v) is 4.35. The van der Waals surface area contributed by atoms with Gasteiger partial charge in [-0.05, 0) is 36.8 Å². The fraction of sp³-hybridized carbons (Fsp3) is 0.0556. The van der Waals surface area contributed by atoms with Gasteiger partial charge in [0.15, 0.2) is 0 Å². The van der Waals surface area contributed by atoms with Crippen molar-refractivity contribution in [2.24, 2.45) is 0 Å². The van der Waals surface area contributed by atoms with Crippen LogP contribution in [0.3, 0.4) is 0 Å². The molecule has 0 aliphatic heterocycles. The maximum atomic E-state index is 12.8. The van der Waals surface area contributed by atoms with E-state index in [9.17, 15) is 9.90 Å². The molecule has 1 aromatic heterocycles. The fourth-order valence-electron chi connectivity index (χ4n) is 2.45. The van der Waals surface area contributed by atoms with Gasteiger partial charge in [-0.1, -0.05) is 29.3 Å². The summed E-state index contributed by atoms with van der Waals surface area (Å²) in [6.45, 7) is 1.83. The highest BCUT2D eigenvalue weighted by Gasteiger charge is 2.21. The molecule has 0 aliphatic carbocycles. The number of nitrogens with one attached hydrogen (secondary N) is 1. The number of hydrogen-bond donors (Lipinski definition) is 2. The van der Waals surface area contributed by atoms with Crippen molar-refractivity contribution in [3.63, 3.8) is 0 Å². The van der Waals surface area contributed by atoms with Gasteiger partial charge in [-0.2, -0.15) is 0 Å². The lowest BCUT2D eigenvalue weighted by atomic mass is 9.97. The number of aryl methyl sites for hydroxylation is 1. The molecule has 0 fully saturated rings. The predicted octanol–water partition coefficient (Wildman–Crippen LogP) is 4.72. The Bertz CT molecular complexity index is 947. The zero-order chi connectivity index (χ0) is 18.0. The van der Waals surface area contributed by atoms with E-state index in [2.05, 4.69) is 15.3 Å². The Morgan fingerprint density at radius 3 is 2.60 bits per heavy atom. The van der Waals surface area contributed by atoms with Crippen molar-refractivity contribution < 1.29 is 9.90 Å². The lowest BCUT2D eigenvalue weighted by molar-refractivity contribution is 0.102. The Hall–Kier alpha value is -2.63. The molecule has 0 saturated carbocycles. The second kappa shape index (κ2) is 7.09. The summed E-state index contributed by atoms with van der Waals surface area (Å²) >= 11 is 11.9. The Balaban J connectivity index is 2.05. The van der Waals surface area contributed by atoms with Crippen LogP contribution < -0.4 is 5.32 Å². The smallest absolute Gasteiger partial charge is 0.260 e. The largest absolute Gasteiger partial charge is 0.507 e. The number of nitrogens with zero attached hydrogens (tertiary/aromatic N) is 2. The first-order valence-electron chi connectivity index (χ1n) is 7.32. The number of rotatable bonds is 3. The molecule has 3 rings (SSSR count). The number of benzene rings is 2. The topological polar surface area (TPSA) is 75.1 Å². The van der Waals surface area contributed by atoms with E-state index in [-0.39, 0.29) is 11.3 Å². The van der Waals surface area contributed by atoms with Crippen molar-refractivity contribution in [3.05, 3.63) is 70.1 Å². The van der Waals surface area contributed by atoms with Gasteiger partial charge in [0.2, 0.25) is 0 Å². The van der Waals surface area contributed by atoms with Gasteiger partial charge in [0.25, 0.3) is 5.91 Å². The molecular formula is C18H13Cl2N3O2. The average molecular weight is 374 g/mol. The fourth-order valence-corrected chi connectivity index (χ4v) is 2.75. The van der Waals surface area contributed by atoms with E-state index in [0.717, 1.165) is 5.56 Å². The lowest BCUT2D eigenvalue weighted by Crippen LogP contribution is -2.14. The highest BCUT2D eigenvalue weighted by atomic mass is 35.5. The lowest BCUT2D eigenvalue weighted by Gasteiger charge is -2.14. The molecule has 0 atom stereocenters. The number of carbonyl (C=O) groups excluding carboxylic acids is 1. The van der Waals surface area contributed by atoms with E-state index in [4.69, 9.17) is 23.2 Å². The SMILES string of the molecule is Cc1ccc(O)c(C(=O)Nc2ccc(Cl)c(Cl)c2)c1-c1cnccn1. The maximum Gasteiger partial charge on any atom is 0.260 e. The Morgan fingerprint density at radius 1 is 1.12 bits per heavy atom. The first-order valence-corrected chi connectivity index (χ1v) is 8.08. The predicted molar refractivity (Wildman–Crippen MR) is 98.3 cm³/mol. The summed E-state index contributed by atoms with van der Waals surface area (Å²) < 4.78 is 0. The number of phenols is 1. The second-order valence-corrected chi connectivity index (χ2v) is 6.14. The van der Waals surface area contributed by atoms with Crippen molar-refractivity contribution in [3.8, 4) is 17.0 Å². The summed E-state index contributed by atoms with van der Waals surface area (Å²) in [5.74, 6) is -0.635. The average Bonchev–Trinajstić information content (AvgIpc) is 2.60. The van der Waals surface area contributed by atoms with Crippen LogP contribution in [0, 0.1) is 6.92 Å². The molecule has 0 aliphatic rings. The van der Waals surface area contributed by atoms with Gasteiger partial charge in [-0.15, -0.1) is 0 Å². The van der Waals surface area contributed by atoms with E-state index >= 15 is 0 Å². The minimum atomic E-state index is -0.486. The van der Waals surface area contributed by atoms with Gasteiger partial charge < -0.3 is 10.4 Å². The summed E-state index contributed by atoms with van der Waals surface area (Å²) in [5, 5.41) is 13.7. The molecule has 3 aromatic rings. The van der Waals surface area contributed by atoms with E-state index in [1.54, 1.807) is 18.2 Å². The van der Waals surface area contributed by atoms with Crippen LogP contribution in [0.1, 0.15) is 15.9 Å². The van der Waals surface area contributed by atoms with E-state index in [0.29, 0.717) is 27.0 Å². The number of aromatic nitrogens is 2. The number of phenolic OH excluding ortho intramolecular Hbond substituents is 1. The Morgan fingerprint density at radius 2 is 1.92 bits per heavy atom. The molecule has 5 nitrogen and oxygen atoms in total. The molecule has 7 heteroatoms. The first-order chi connectivity index (χ1) is 12.0. The van der Waals surface area contributed by atoms with E-state index in [1.807, 2.05) is 6.92 Å². The van der Waals surface area contributed by atoms with Crippen LogP contribution in [-0.2, 0) is 0 Å². The van der Waals surface area contributed by atoms with Crippen LogP contribution >= 0.6 is 23.2 Å². The zero-order valence-electron chi connectivity index (χ0n) is 13.1. The van der Waals surface area contributed by atoms with Crippen LogP contribution in [0.5, 0.6) is 5.75 Å². The van der Waals surface area contributed by atoms with Crippen LogP contribution in [0.4, 0.5) is 5.69 Å². The van der Waals surface area contributed by atoms with Gasteiger partial charge in [0.1, 0.15) is 5.75 Å². The van der Waals surface area contributed by atoms with E-state index < -0.39 is 5.91 Å². The molecule has 0 saturated heterocycles. The molecule has 0 radical (unpaired) electrons. The minimum Gasteiger partial charge on any atom is -0.507 e. The molecular weight excluding hydrogens is 361 g/mol. The van der Waals surface area contributed by atoms with Gasteiger partial charge >= 0.3 is 0 Å². The van der Waals surface area contributed by atoms with Crippen LogP contribution in [0.2, 0.25) is 10.0 Å². The number of hydrogen-bond acceptors (Lipinski definition) is 4. The summed E-state index contributed by atoms with van der Waals surface area (Å²) in [6.07, 6.45) is 4.61. The van der Waals surface area contributed by atoms with Crippen molar-refractivity contribution in [1.82, 2.24) is 9.97 Å². The second-order valence-electron chi connectivity index (χ2n) is 5.33. The number of anilines is 1. The number of carbonyl (C=O) groups is 1. The summed E-state index contributed by atoms with van der Waals surface area (Å²) in [5.41, 5.74) is 2.38. The van der Waals surface area contributed by atoms with Gasteiger partial charge in [0.05, 0.1) is 27.5 Å². The first kappa shape index (κ1) is 17.2. The molecule has 25 heavy (non-hydrogen) atoms. The number of halogens is 2. The van der Waals surface area contributed by atoms with E-state index in [1.165, 1.54) is 30.7 Å². The molecule has 0 unspecified atom stereocenters. The minimum absolute atomic E-state index is 0.117. The number of aromatic hydroxyl groups is 1. The summed E-state index contributed by atoms with van der Waals surface area (Å²) in [7, 11) is 0. The molecule has 2 N–H and O–H groups in total. The Labute approximate surface area is 154 Å². The van der Waals surface area contributed by atoms with Crippen molar-refractivity contribution >= 4 is 34.8 Å². The molecule has 2 aromatic carbocycles. The standard InChI is InChI=1S/C18H13Cl2N3O2/c1-10-2-5-15(24)17(16(10)14-9-21-6-7-22-14)18(25)23-11-3-4-12(19)13(20)8-11/h2-9,24H,1H3,(H,23,25). The summed E-state index contributed by atoms with van der Waals surface area (Å²) in [4.78, 5) is 21.0. The van der Waals surface area contributed by atoms with Crippen LogP contribution in [-0.4, -0.2) is 21.0 Å².